The number of aromatic nitrogens is 2. The highest BCUT2D eigenvalue weighted by Crippen LogP contribution is 2.45. The van der Waals surface area contributed by atoms with Crippen LogP contribution < -0.4 is 0 Å². The van der Waals surface area contributed by atoms with Gasteiger partial charge >= 0.3 is 0 Å². The molecule has 0 spiro atoms. The van der Waals surface area contributed by atoms with Crippen LogP contribution in [0.1, 0.15) is 48.2 Å². The van der Waals surface area contributed by atoms with Gasteiger partial charge in [0.1, 0.15) is 0 Å². The van der Waals surface area contributed by atoms with Gasteiger partial charge in [0.25, 0.3) is 5.91 Å². The smallest absolute Gasteiger partial charge is 0.254 e. The van der Waals surface area contributed by atoms with Gasteiger partial charge in [-0.2, -0.15) is 5.10 Å². The zero-order valence-electron chi connectivity index (χ0n) is 13.4. The molecule has 1 aliphatic heterocycles. The molecule has 1 amide bonds. The van der Waals surface area contributed by atoms with Crippen molar-refractivity contribution in [1.29, 1.82) is 0 Å². The highest BCUT2D eigenvalue weighted by atomic mass is 16.2. The van der Waals surface area contributed by atoms with Crippen LogP contribution in [0.15, 0.2) is 18.2 Å². The van der Waals surface area contributed by atoms with Gasteiger partial charge in [0.2, 0.25) is 0 Å². The van der Waals surface area contributed by atoms with Crippen LogP contribution in [-0.2, 0) is 6.42 Å². The molecule has 0 radical (unpaired) electrons. The Balaban J connectivity index is 1.44. The van der Waals surface area contributed by atoms with Crippen LogP contribution >= 0.6 is 0 Å². The predicted molar refractivity (Wildman–Crippen MR) is 89.3 cm³/mol. The number of hydrogen-bond donors (Lipinski definition) is 1. The second-order valence-electron chi connectivity index (χ2n) is 7.68. The third kappa shape index (κ3) is 2.11. The summed E-state index contributed by atoms with van der Waals surface area (Å²) in [5.74, 6) is 2.70. The molecule has 4 aliphatic rings. The monoisotopic (exact) mass is 309 g/mol. The Kier molecular flexibility index (Phi) is 3.00. The van der Waals surface area contributed by atoms with E-state index in [1.807, 2.05) is 18.2 Å². The Morgan fingerprint density at radius 1 is 1.22 bits per heavy atom. The van der Waals surface area contributed by atoms with Gasteiger partial charge in [-0.1, -0.05) is 18.9 Å². The van der Waals surface area contributed by atoms with Crippen molar-refractivity contribution in [1.82, 2.24) is 15.1 Å². The molecule has 2 bridgehead atoms. The number of carbonyl (C=O) groups excluding carboxylic acids is 1. The molecule has 1 aromatic heterocycles. The molecule has 2 heterocycles. The number of benzene rings is 1. The molecule has 3 fully saturated rings. The topological polar surface area (TPSA) is 49.0 Å². The van der Waals surface area contributed by atoms with Crippen LogP contribution in [0.4, 0.5) is 0 Å². The van der Waals surface area contributed by atoms with Crippen molar-refractivity contribution in [2.45, 2.75) is 38.5 Å². The third-order valence-electron chi connectivity index (χ3n) is 6.45. The summed E-state index contributed by atoms with van der Waals surface area (Å²) >= 11 is 0. The first-order valence-electron chi connectivity index (χ1n) is 9.05. The average molecular weight is 309 g/mol. The number of fused-ring (bicyclic) bond motifs is 3. The minimum Gasteiger partial charge on any atom is -0.338 e. The molecule has 120 valence electrons. The lowest BCUT2D eigenvalue weighted by Gasteiger charge is -2.44. The molecule has 4 heteroatoms. The van der Waals surface area contributed by atoms with Crippen molar-refractivity contribution in [2.24, 2.45) is 17.8 Å². The lowest BCUT2D eigenvalue weighted by Crippen LogP contribution is -2.42. The summed E-state index contributed by atoms with van der Waals surface area (Å²) in [5.41, 5.74) is 2.88. The average Bonchev–Trinajstić information content (AvgIpc) is 2.96. The number of rotatable bonds is 2. The summed E-state index contributed by atoms with van der Waals surface area (Å²) in [7, 11) is 0. The van der Waals surface area contributed by atoms with E-state index >= 15 is 0 Å². The van der Waals surface area contributed by atoms with Crippen LogP contribution in [0, 0.1) is 17.8 Å². The van der Waals surface area contributed by atoms with Crippen molar-refractivity contribution in [3.8, 4) is 0 Å². The van der Waals surface area contributed by atoms with Gasteiger partial charge in [0.05, 0.1) is 16.8 Å². The van der Waals surface area contributed by atoms with Crippen molar-refractivity contribution in [2.75, 3.05) is 13.1 Å². The van der Waals surface area contributed by atoms with Crippen LogP contribution in [-0.4, -0.2) is 34.1 Å². The summed E-state index contributed by atoms with van der Waals surface area (Å²) < 4.78 is 0. The van der Waals surface area contributed by atoms with E-state index in [1.165, 1.54) is 32.1 Å². The number of H-pyrrole nitrogens is 1. The maximum Gasteiger partial charge on any atom is 0.254 e. The predicted octanol–water partition coefficient (Wildman–Crippen LogP) is 3.39. The van der Waals surface area contributed by atoms with Crippen LogP contribution in [0.25, 0.3) is 10.9 Å². The fraction of sp³-hybridized carbons (Fsp3) is 0.579. The highest BCUT2D eigenvalue weighted by molar-refractivity contribution is 6.07. The van der Waals surface area contributed by atoms with Gasteiger partial charge in [0, 0.05) is 24.9 Å². The third-order valence-corrected chi connectivity index (χ3v) is 6.45. The van der Waals surface area contributed by atoms with Crippen molar-refractivity contribution < 1.29 is 4.79 Å². The van der Waals surface area contributed by atoms with Gasteiger partial charge in [-0.05, 0) is 49.1 Å². The first kappa shape index (κ1) is 13.6. The summed E-state index contributed by atoms with van der Waals surface area (Å²) in [5, 5.41) is 8.55. The van der Waals surface area contributed by atoms with E-state index in [0.717, 1.165) is 59.4 Å². The van der Waals surface area contributed by atoms with Gasteiger partial charge in [-0.15, -0.1) is 0 Å². The number of aromatic amines is 1. The molecule has 1 unspecified atom stereocenters. The minimum atomic E-state index is 0.206. The Bertz CT molecular complexity index is 757. The van der Waals surface area contributed by atoms with Crippen molar-refractivity contribution >= 4 is 16.8 Å². The number of hydrogen-bond acceptors (Lipinski definition) is 2. The molecule has 3 aliphatic carbocycles. The number of amides is 1. The summed E-state index contributed by atoms with van der Waals surface area (Å²) in [6, 6.07) is 5.94. The molecule has 1 atom stereocenters. The Labute approximate surface area is 136 Å². The second kappa shape index (κ2) is 5.08. The van der Waals surface area contributed by atoms with Crippen LogP contribution in [0.2, 0.25) is 0 Å². The molecular formula is C19H23N3O. The van der Waals surface area contributed by atoms with E-state index in [-0.39, 0.29) is 5.91 Å². The van der Waals surface area contributed by atoms with Gasteiger partial charge in [-0.25, -0.2) is 0 Å². The maximum atomic E-state index is 13.1. The maximum absolute atomic E-state index is 13.1. The highest BCUT2D eigenvalue weighted by Gasteiger charge is 2.37. The molecule has 6 rings (SSSR count). The Morgan fingerprint density at radius 2 is 2.09 bits per heavy atom. The van der Waals surface area contributed by atoms with E-state index in [2.05, 4.69) is 15.1 Å². The first-order valence-corrected chi connectivity index (χ1v) is 9.05. The normalized spacial score (nSPS) is 30.0. The standard InChI is InChI=1S/C19H23N3O/c23-19-15-2-1-3-16-18(15)17(21-20-16)8-9-22(19)11-14-10-12-4-6-13(14)7-5-12/h1-3,12-14H,4-11H2,(H,20,21). The Hall–Kier alpha value is -1.84. The van der Waals surface area contributed by atoms with Gasteiger partial charge in [0.15, 0.2) is 0 Å². The fourth-order valence-corrected chi connectivity index (χ4v) is 5.21. The van der Waals surface area contributed by atoms with Gasteiger partial charge in [-0.3, -0.25) is 9.89 Å². The minimum absolute atomic E-state index is 0.206. The zero-order chi connectivity index (χ0) is 15.4. The molecule has 2 aromatic rings. The molecule has 1 N–H and O–H groups in total. The lowest BCUT2D eigenvalue weighted by molar-refractivity contribution is 0.0512. The van der Waals surface area contributed by atoms with Crippen molar-refractivity contribution in [3.63, 3.8) is 0 Å². The zero-order valence-corrected chi connectivity index (χ0v) is 13.4. The van der Waals surface area contributed by atoms with E-state index in [4.69, 9.17) is 0 Å². The summed E-state index contributed by atoms with van der Waals surface area (Å²) in [6.45, 7) is 1.76. The molecule has 4 nitrogen and oxygen atoms in total. The number of nitrogens with zero attached hydrogens (tertiary/aromatic N) is 2. The molecule has 3 saturated carbocycles. The summed E-state index contributed by atoms with van der Waals surface area (Å²) in [4.78, 5) is 15.2. The summed E-state index contributed by atoms with van der Waals surface area (Å²) in [6.07, 6.45) is 7.81. The number of nitrogens with one attached hydrogen (secondary N) is 1. The molecule has 1 aromatic carbocycles. The van der Waals surface area contributed by atoms with Crippen LogP contribution in [0.3, 0.4) is 0 Å². The van der Waals surface area contributed by atoms with E-state index in [1.54, 1.807) is 0 Å². The lowest BCUT2D eigenvalue weighted by atomic mass is 9.64. The SMILES string of the molecule is O=C1c2cccc3[nH]nc(c23)CCN1CC1CC2CCC1CC2. The largest absolute Gasteiger partial charge is 0.338 e. The van der Waals surface area contributed by atoms with E-state index in [9.17, 15) is 4.79 Å². The van der Waals surface area contributed by atoms with Crippen LogP contribution in [0.5, 0.6) is 0 Å². The molecular weight excluding hydrogens is 286 g/mol. The van der Waals surface area contributed by atoms with Crippen molar-refractivity contribution in [3.05, 3.63) is 29.5 Å². The van der Waals surface area contributed by atoms with E-state index in [0.29, 0.717) is 0 Å². The quantitative estimate of drug-likeness (QED) is 0.924. The fourth-order valence-electron chi connectivity index (χ4n) is 5.21. The van der Waals surface area contributed by atoms with E-state index < -0.39 is 0 Å². The Morgan fingerprint density at radius 3 is 2.87 bits per heavy atom. The second-order valence-corrected chi connectivity index (χ2v) is 7.68. The number of carbonyl (C=O) groups is 1. The first-order chi connectivity index (χ1) is 11.3. The molecule has 23 heavy (non-hydrogen) atoms. The van der Waals surface area contributed by atoms with Gasteiger partial charge < -0.3 is 4.90 Å². The molecule has 0 saturated heterocycles.